The summed E-state index contributed by atoms with van der Waals surface area (Å²) in [4.78, 5) is 5.65. The Morgan fingerprint density at radius 2 is 1.94 bits per heavy atom. The molecule has 1 aliphatic rings. The second-order valence-electron chi connectivity index (χ2n) is 8.10. The van der Waals surface area contributed by atoms with Gasteiger partial charge in [0.2, 0.25) is 0 Å². The minimum Gasteiger partial charge on any atom is -0.374 e. The first kappa shape index (κ1) is 22.6. The molecule has 1 unspecified atom stereocenters. The Morgan fingerprint density at radius 3 is 2.69 bits per heavy atom. The molecule has 2 aromatic carbocycles. The molecule has 1 saturated heterocycles. The monoisotopic (exact) mass is 448 g/mol. The van der Waals surface area contributed by atoms with Crippen LogP contribution in [-0.4, -0.2) is 46.2 Å². The van der Waals surface area contributed by atoms with Crippen LogP contribution in [0.25, 0.3) is 0 Å². The van der Waals surface area contributed by atoms with Gasteiger partial charge in [0.05, 0.1) is 17.3 Å². The van der Waals surface area contributed by atoms with Crippen molar-refractivity contribution < 1.29 is 9.63 Å². The standard InChI is InChI=1S/C25H28N4O2S/c1-19-15-22(27-31-19)18-32-24-6-3-2-5-23(24)25(30)29-12-4-11-28(13-14-29)17-21-9-7-20(16-26)8-10-21/h2-3,5-10,15,25,30H,4,11-14,17-18H2,1H3. The van der Waals surface area contributed by atoms with E-state index in [9.17, 15) is 5.11 Å². The number of aromatic nitrogens is 1. The minimum atomic E-state index is -0.632. The van der Waals surface area contributed by atoms with Gasteiger partial charge in [-0.25, -0.2) is 0 Å². The van der Waals surface area contributed by atoms with Crippen LogP contribution in [0.2, 0.25) is 0 Å². The second kappa shape index (κ2) is 10.8. The Hall–Kier alpha value is -2.63. The number of nitrogens with zero attached hydrogens (tertiary/aromatic N) is 4. The van der Waals surface area contributed by atoms with E-state index in [1.807, 2.05) is 55.5 Å². The van der Waals surface area contributed by atoms with E-state index in [1.54, 1.807) is 11.8 Å². The quantitative estimate of drug-likeness (QED) is 0.539. The van der Waals surface area contributed by atoms with Crippen molar-refractivity contribution in [2.24, 2.45) is 0 Å². The molecule has 0 bridgehead atoms. The highest BCUT2D eigenvalue weighted by Gasteiger charge is 2.23. The first-order valence-electron chi connectivity index (χ1n) is 10.9. The molecule has 1 aromatic heterocycles. The summed E-state index contributed by atoms with van der Waals surface area (Å²) in [6.45, 7) is 6.29. The summed E-state index contributed by atoms with van der Waals surface area (Å²) < 4.78 is 5.16. The second-order valence-corrected chi connectivity index (χ2v) is 9.12. The molecule has 0 saturated carbocycles. The van der Waals surface area contributed by atoms with Crippen LogP contribution in [0.15, 0.2) is 64.0 Å². The van der Waals surface area contributed by atoms with Crippen molar-refractivity contribution in [1.82, 2.24) is 15.0 Å². The summed E-state index contributed by atoms with van der Waals surface area (Å²) in [6.07, 6.45) is 0.369. The van der Waals surface area contributed by atoms with E-state index < -0.39 is 6.23 Å². The zero-order valence-corrected chi connectivity index (χ0v) is 19.1. The fourth-order valence-corrected chi connectivity index (χ4v) is 4.95. The highest BCUT2D eigenvalue weighted by atomic mass is 32.2. The molecule has 1 atom stereocenters. The van der Waals surface area contributed by atoms with Crippen molar-refractivity contribution in [3.63, 3.8) is 0 Å². The summed E-state index contributed by atoms with van der Waals surface area (Å²) >= 11 is 1.67. The summed E-state index contributed by atoms with van der Waals surface area (Å²) in [6, 6.07) is 20.0. The Bertz CT molecular complexity index is 1060. The smallest absolute Gasteiger partial charge is 0.134 e. The van der Waals surface area contributed by atoms with Gasteiger partial charge in [-0.15, -0.1) is 11.8 Å². The van der Waals surface area contributed by atoms with Gasteiger partial charge in [-0.2, -0.15) is 5.26 Å². The lowest BCUT2D eigenvalue weighted by Crippen LogP contribution is -2.33. The van der Waals surface area contributed by atoms with Crippen LogP contribution in [-0.2, 0) is 12.3 Å². The highest BCUT2D eigenvalue weighted by molar-refractivity contribution is 7.98. The van der Waals surface area contributed by atoms with Gasteiger partial charge in [-0.1, -0.05) is 35.5 Å². The van der Waals surface area contributed by atoms with Crippen molar-refractivity contribution in [3.05, 3.63) is 82.7 Å². The molecule has 166 valence electrons. The van der Waals surface area contributed by atoms with Crippen molar-refractivity contribution >= 4 is 11.8 Å². The third-order valence-electron chi connectivity index (χ3n) is 5.71. The van der Waals surface area contributed by atoms with E-state index in [0.29, 0.717) is 11.3 Å². The van der Waals surface area contributed by atoms with Crippen LogP contribution in [0.4, 0.5) is 0 Å². The van der Waals surface area contributed by atoms with Crippen LogP contribution in [0.5, 0.6) is 0 Å². The zero-order chi connectivity index (χ0) is 22.3. The molecule has 2 heterocycles. The summed E-state index contributed by atoms with van der Waals surface area (Å²) in [5.74, 6) is 1.52. The number of hydrogen-bond donors (Lipinski definition) is 1. The van der Waals surface area contributed by atoms with Gasteiger partial charge >= 0.3 is 0 Å². The number of thioether (sulfide) groups is 1. The molecule has 4 rings (SSSR count). The third kappa shape index (κ3) is 5.78. The molecule has 1 N–H and O–H groups in total. The fourth-order valence-electron chi connectivity index (χ4n) is 4.00. The Morgan fingerprint density at radius 1 is 1.12 bits per heavy atom. The van der Waals surface area contributed by atoms with Crippen molar-refractivity contribution in [2.75, 3.05) is 26.2 Å². The molecular weight excluding hydrogens is 420 g/mol. The Balaban J connectivity index is 1.37. The maximum absolute atomic E-state index is 11.2. The molecule has 0 spiro atoms. The fraction of sp³-hybridized carbons (Fsp3) is 0.360. The summed E-state index contributed by atoms with van der Waals surface area (Å²) in [5.41, 5.74) is 3.75. The number of nitriles is 1. The van der Waals surface area contributed by atoms with E-state index in [0.717, 1.165) is 61.1 Å². The van der Waals surface area contributed by atoms with Crippen molar-refractivity contribution in [2.45, 2.75) is 36.8 Å². The molecular formula is C25H28N4O2S. The predicted octanol–water partition coefficient (Wildman–Crippen LogP) is 4.35. The molecule has 6 nitrogen and oxygen atoms in total. The lowest BCUT2D eigenvalue weighted by Gasteiger charge is -2.28. The Kier molecular flexibility index (Phi) is 7.61. The average Bonchev–Trinajstić information content (AvgIpc) is 3.10. The maximum Gasteiger partial charge on any atom is 0.134 e. The molecule has 1 aliphatic heterocycles. The van der Waals surface area contributed by atoms with E-state index in [2.05, 4.69) is 27.1 Å². The first-order valence-corrected chi connectivity index (χ1v) is 11.9. The highest BCUT2D eigenvalue weighted by Crippen LogP contribution is 2.32. The third-order valence-corrected chi connectivity index (χ3v) is 6.83. The van der Waals surface area contributed by atoms with Crippen molar-refractivity contribution in [1.29, 1.82) is 5.26 Å². The van der Waals surface area contributed by atoms with Crippen LogP contribution in [0.3, 0.4) is 0 Å². The molecule has 7 heteroatoms. The lowest BCUT2D eigenvalue weighted by atomic mass is 10.1. The van der Waals surface area contributed by atoms with Crippen LogP contribution in [0.1, 0.15) is 40.8 Å². The van der Waals surface area contributed by atoms with Crippen LogP contribution in [0, 0.1) is 18.3 Å². The van der Waals surface area contributed by atoms with Gasteiger partial charge in [0, 0.05) is 48.5 Å². The molecule has 3 aromatic rings. The zero-order valence-electron chi connectivity index (χ0n) is 18.3. The minimum absolute atomic E-state index is 0.632. The summed E-state index contributed by atoms with van der Waals surface area (Å²) in [5, 5.41) is 24.3. The molecule has 0 aliphatic carbocycles. The van der Waals surface area contributed by atoms with Gasteiger partial charge in [0.15, 0.2) is 0 Å². The van der Waals surface area contributed by atoms with E-state index in [4.69, 9.17) is 9.78 Å². The van der Waals surface area contributed by atoms with Gasteiger partial charge in [0.25, 0.3) is 0 Å². The SMILES string of the molecule is Cc1cc(CSc2ccccc2C(O)N2CCCN(Cc3ccc(C#N)cc3)CC2)no1. The van der Waals surface area contributed by atoms with Crippen LogP contribution >= 0.6 is 11.8 Å². The van der Waals surface area contributed by atoms with Gasteiger partial charge in [-0.05, 0) is 43.7 Å². The number of aliphatic hydroxyl groups is 1. The number of aryl methyl sites for hydroxylation is 1. The average molecular weight is 449 g/mol. The number of hydrogen-bond acceptors (Lipinski definition) is 7. The molecule has 0 radical (unpaired) electrons. The van der Waals surface area contributed by atoms with E-state index in [1.165, 1.54) is 5.56 Å². The first-order chi connectivity index (χ1) is 15.6. The van der Waals surface area contributed by atoms with Crippen molar-refractivity contribution in [3.8, 4) is 6.07 Å². The largest absolute Gasteiger partial charge is 0.374 e. The normalized spacial score (nSPS) is 16.4. The maximum atomic E-state index is 11.2. The lowest BCUT2D eigenvalue weighted by molar-refractivity contribution is 0.00244. The molecule has 0 amide bonds. The van der Waals surface area contributed by atoms with Gasteiger partial charge in [0.1, 0.15) is 12.0 Å². The van der Waals surface area contributed by atoms with E-state index in [-0.39, 0.29) is 0 Å². The van der Waals surface area contributed by atoms with Gasteiger partial charge < -0.3 is 9.63 Å². The predicted molar refractivity (Wildman–Crippen MR) is 125 cm³/mol. The van der Waals surface area contributed by atoms with E-state index >= 15 is 0 Å². The number of rotatable bonds is 7. The molecule has 32 heavy (non-hydrogen) atoms. The Labute approximate surface area is 193 Å². The number of aliphatic hydroxyl groups excluding tert-OH is 1. The molecule has 1 fully saturated rings. The summed E-state index contributed by atoms with van der Waals surface area (Å²) in [7, 11) is 0. The van der Waals surface area contributed by atoms with Crippen LogP contribution < -0.4 is 0 Å². The topological polar surface area (TPSA) is 76.5 Å². The number of benzene rings is 2. The van der Waals surface area contributed by atoms with Gasteiger partial charge in [-0.3, -0.25) is 9.80 Å².